The lowest BCUT2D eigenvalue weighted by Gasteiger charge is -1.97. The number of nitrogens with zero attached hydrogens (tertiary/aromatic N) is 3. The van der Waals surface area contributed by atoms with Crippen LogP contribution in [0.25, 0.3) is 11.0 Å². The van der Waals surface area contributed by atoms with Gasteiger partial charge in [-0.3, -0.25) is 9.48 Å². The number of fused-ring (bicyclic) bond motifs is 1. The molecule has 0 aliphatic carbocycles. The summed E-state index contributed by atoms with van der Waals surface area (Å²) in [4.78, 5) is 14.7. The number of carbonyl (C=O) groups excluding carboxylic acids is 1. The van der Waals surface area contributed by atoms with E-state index in [2.05, 4.69) is 10.1 Å². The summed E-state index contributed by atoms with van der Waals surface area (Å²) < 4.78 is 1.63. The number of aromatic nitrogens is 3. The van der Waals surface area contributed by atoms with E-state index in [9.17, 15) is 4.79 Å². The maximum Gasteiger partial charge on any atom is 0.170 e. The minimum atomic E-state index is 0.252. The molecule has 0 atom stereocenters. The Labute approximate surface area is 85.5 Å². The molecule has 0 saturated heterocycles. The van der Waals surface area contributed by atoms with Crippen molar-refractivity contribution in [1.29, 1.82) is 0 Å². The van der Waals surface area contributed by atoms with Crippen LogP contribution in [0.1, 0.15) is 16.2 Å². The molecule has 2 heterocycles. The van der Waals surface area contributed by atoms with E-state index in [4.69, 9.17) is 11.6 Å². The molecule has 4 nitrogen and oxygen atoms in total. The number of halogens is 1. The molecular formula is C9H8ClN3O. The molecule has 0 saturated carbocycles. The molecule has 0 radical (unpaired) electrons. The molecule has 5 heteroatoms. The first kappa shape index (κ1) is 9.15. The van der Waals surface area contributed by atoms with E-state index >= 15 is 0 Å². The molecule has 2 rings (SSSR count). The van der Waals surface area contributed by atoms with Crippen LogP contribution >= 0.6 is 11.6 Å². The van der Waals surface area contributed by atoms with Gasteiger partial charge in [-0.2, -0.15) is 5.10 Å². The Morgan fingerprint density at radius 1 is 1.57 bits per heavy atom. The van der Waals surface area contributed by atoms with Crippen molar-refractivity contribution >= 4 is 28.9 Å². The van der Waals surface area contributed by atoms with E-state index in [1.807, 2.05) is 6.92 Å². The Morgan fingerprint density at radius 3 is 2.93 bits per heavy atom. The fraction of sp³-hybridized carbons (Fsp3) is 0.222. The van der Waals surface area contributed by atoms with Gasteiger partial charge in [0.25, 0.3) is 0 Å². The first-order valence-electron chi connectivity index (χ1n) is 4.08. The quantitative estimate of drug-likeness (QED) is 0.673. The van der Waals surface area contributed by atoms with Crippen LogP contribution in [0.15, 0.2) is 6.07 Å². The summed E-state index contributed by atoms with van der Waals surface area (Å²) in [6.45, 7) is 1.88. The molecule has 72 valence electrons. The molecule has 0 unspecified atom stereocenters. The van der Waals surface area contributed by atoms with Crippen LogP contribution in [-0.2, 0) is 7.05 Å². The molecule has 0 N–H and O–H groups in total. The number of carbonyl (C=O) groups is 1. The van der Waals surface area contributed by atoms with Crippen molar-refractivity contribution in [1.82, 2.24) is 14.8 Å². The van der Waals surface area contributed by atoms with Crippen molar-refractivity contribution in [3.8, 4) is 0 Å². The lowest BCUT2D eigenvalue weighted by atomic mass is 10.2. The Hall–Kier alpha value is -1.42. The van der Waals surface area contributed by atoms with Crippen LogP contribution < -0.4 is 0 Å². The summed E-state index contributed by atoms with van der Waals surface area (Å²) in [5.41, 5.74) is 1.78. The monoisotopic (exact) mass is 209 g/mol. The van der Waals surface area contributed by atoms with Crippen molar-refractivity contribution in [2.24, 2.45) is 7.05 Å². The summed E-state index contributed by atoms with van der Waals surface area (Å²) in [6, 6.07) is 1.72. The highest BCUT2D eigenvalue weighted by Crippen LogP contribution is 2.21. The molecule has 2 aromatic rings. The second kappa shape index (κ2) is 3.06. The zero-order valence-corrected chi connectivity index (χ0v) is 8.54. The van der Waals surface area contributed by atoms with Crippen LogP contribution in [0.3, 0.4) is 0 Å². The van der Waals surface area contributed by atoms with Crippen LogP contribution in [0.2, 0.25) is 5.02 Å². The van der Waals surface area contributed by atoms with Gasteiger partial charge in [0.2, 0.25) is 0 Å². The van der Waals surface area contributed by atoms with E-state index in [-0.39, 0.29) is 5.69 Å². The number of rotatable bonds is 1. The van der Waals surface area contributed by atoms with Crippen LogP contribution in [-0.4, -0.2) is 21.1 Å². The van der Waals surface area contributed by atoms with Gasteiger partial charge in [0, 0.05) is 12.4 Å². The molecule has 0 fully saturated rings. The molecule has 0 amide bonds. The summed E-state index contributed by atoms with van der Waals surface area (Å²) in [7, 11) is 1.78. The zero-order chi connectivity index (χ0) is 10.3. The van der Waals surface area contributed by atoms with Gasteiger partial charge in [-0.25, -0.2) is 4.98 Å². The van der Waals surface area contributed by atoms with Crippen LogP contribution in [0.4, 0.5) is 0 Å². The van der Waals surface area contributed by atoms with Crippen molar-refractivity contribution in [2.75, 3.05) is 0 Å². The molecule has 0 aliphatic heterocycles. The van der Waals surface area contributed by atoms with Crippen molar-refractivity contribution < 1.29 is 4.79 Å². The largest absolute Gasteiger partial charge is 0.296 e. The predicted octanol–water partition coefficient (Wildman–Crippen LogP) is 1.74. The average molecular weight is 210 g/mol. The van der Waals surface area contributed by atoms with Gasteiger partial charge in [-0.1, -0.05) is 11.6 Å². The fourth-order valence-electron chi connectivity index (χ4n) is 1.41. The minimum Gasteiger partial charge on any atom is -0.296 e. The first-order valence-corrected chi connectivity index (χ1v) is 4.46. The molecule has 0 bridgehead atoms. The van der Waals surface area contributed by atoms with Gasteiger partial charge in [0.15, 0.2) is 11.9 Å². The van der Waals surface area contributed by atoms with Gasteiger partial charge >= 0.3 is 0 Å². The minimum absolute atomic E-state index is 0.252. The SMILES string of the molecule is Cc1nn(C)c2nc(C=O)c(Cl)cc12. The maximum absolute atomic E-state index is 10.6. The second-order valence-electron chi connectivity index (χ2n) is 3.05. The third-order valence-corrected chi connectivity index (χ3v) is 2.39. The normalized spacial score (nSPS) is 10.8. The zero-order valence-electron chi connectivity index (χ0n) is 7.78. The van der Waals surface area contributed by atoms with Crippen molar-refractivity contribution in [3.63, 3.8) is 0 Å². The Morgan fingerprint density at radius 2 is 2.29 bits per heavy atom. The number of hydrogen-bond acceptors (Lipinski definition) is 3. The number of aldehydes is 1. The number of pyridine rings is 1. The average Bonchev–Trinajstić information content (AvgIpc) is 2.41. The fourth-order valence-corrected chi connectivity index (χ4v) is 1.61. The van der Waals surface area contributed by atoms with Crippen LogP contribution in [0.5, 0.6) is 0 Å². The Bertz CT molecular complexity index is 518. The molecule has 14 heavy (non-hydrogen) atoms. The molecule has 0 aliphatic rings. The summed E-state index contributed by atoms with van der Waals surface area (Å²) in [5.74, 6) is 0. The topological polar surface area (TPSA) is 47.8 Å². The maximum atomic E-state index is 10.6. The van der Waals surface area contributed by atoms with E-state index < -0.39 is 0 Å². The Balaban J connectivity index is 2.88. The van der Waals surface area contributed by atoms with E-state index in [0.717, 1.165) is 11.1 Å². The molecular weight excluding hydrogens is 202 g/mol. The Kier molecular flexibility index (Phi) is 2.00. The lowest BCUT2D eigenvalue weighted by Crippen LogP contribution is -1.95. The van der Waals surface area contributed by atoms with Gasteiger partial charge in [0.05, 0.1) is 10.7 Å². The van der Waals surface area contributed by atoms with Gasteiger partial charge in [-0.05, 0) is 13.0 Å². The third-order valence-electron chi connectivity index (χ3n) is 2.09. The number of hydrogen-bond donors (Lipinski definition) is 0. The standard InChI is InChI=1S/C9H8ClN3O/c1-5-6-3-7(10)8(4-14)11-9(6)13(2)12-5/h3-4H,1-2H3. The third kappa shape index (κ3) is 1.19. The summed E-state index contributed by atoms with van der Waals surface area (Å²) >= 11 is 5.85. The van der Waals surface area contributed by atoms with Crippen molar-refractivity contribution in [2.45, 2.75) is 6.92 Å². The summed E-state index contributed by atoms with van der Waals surface area (Å²) in [5, 5.41) is 5.43. The highest BCUT2D eigenvalue weighted by atomic mass is 35.5. The molecule has 0 spiro atoms. The van der Waals surface area contributed by atoms with Gasteiger partial charge in [0.1, 0.15) is 5.69 Å². The smallest absolute Gasteiger partial charge is 0.170 e. The highest BCUT2D eigenvalue weighted by molar-refractivity contribution is 6.33. The van der Waals surface area contributed by atoms with E-state index in [1.165, 1.54) is 0 Å². The first-order chi connectivity index (χ1) is 6.63. The molecule has 0 aromatic carbocycles. The predicted molar refractivity (Wildman–Crippen MR) is 53.6 cm³/mol. The highest BCUT2D eigenvalue weighted by Gasteiger charge is 2.10. The van der Waals surface area contributed by atoms with E-state index in [1.54, 1.807) is 17.8 Å². The van der Waals surface area contributed by atoms with Gasteiger partial charge < -0.3 is 0 Å². The summed E-state index contributed by atoms with van der Waals surface area (Å²) in [6.07, 6.45) is 0.643. The van der Waals surface area contributed by atoms with Crippen LogP contribution in [0, 0.1) is 6.92 Å². The number of aryl methyl sites for hydroxylation is 2. The molecule has 2 aromatic heterocycles. The van der Waals surface area contributed by atoms with E-state index in [0.29, 0.717) is 17.0 Å². The lowest BCUT2D eigenvalue weighted by molar-refractivity contribution is 0.111. The van der Waals surface area contributed by atoms with Crippen molar-refractivity contribution in [3.05, 3.63) is 22.5 Å². The second-order valence-corrected chi connectivity index (χ2v) is 3.46. The van der Waals surface area contributed by atoms with Gasteiger partial charge in [-0.15, -0.1) is 0 Å².